The molecule has 2 amide bonds. The number of aliphatic carboxylic acids is 1. The van der Waals surface area contributed by atoms with Gasteiger partial charge in [-0.3, -0.25) is 9.59 Å². The maximum absolute atomic E-state index is 13.2. The van der Waals surface area contributed by atoms with Crippen LogP contribution in [0.2, 0.25) is 0 Å². The summed E-state index contributed by atoms with van der Waals surface area (Å²) in [6.07, 6.45) is 1.79. The van der Waals surface area contributed by atoms with Crippen LogP contribution in [0.15, 0.2) is 48.5 Å². The van der Waals surface area contributed by atoms with Crippen LogP contribution in [0.4, 0.5) is 4.79 Å². The molecule has 1 aliphatic heterocycles. The van der Waals surface area contributed by atoms with Gasteiger partial charge in [-0.1, -0.05) is 62.4 Å². The highest BCUT2D eigenvalue weighted by Crippen LogP contribution is 2.44. The number of alkyl carbamates (subject to hydrolysis) is 1. The maximum Gasteiger partial charge on any atom is 0.407 e. The minimum atomic E-state index is -0.782. The number of likely N-dealkylation sites (tertiary alicyclic amines) is 1. The van der Waals surface area contributed by atoms with Crippen LogP contribution in [0.3, 0.4) is 0 Å². The molecule has 2 aromatic rings. The van der Waals surface area contributed by atoms with Gasteiger partial charge in [0, 0.05) is 25.4 Å². The van der Waals surface area contributed by atoms with Crippen molar-refractivity contribution in [1.29, 1.82) is 0 Å². The Hall–Kier alpha value is -3.35. The molecule has 1 heterocycles. The van der Waals surface area contributed by atoms with Crippen LogP contribution < -0.4 is 5.32 Å². The number of ether oxygens (including phenoxy) is 1. The molecule has 0 spiro atoms. The van der Waals surface area contributed by atoms with Crippen LogP contribution >= 0.6 is 0 Å². The predicted octanol–water partition coefficient (Wildman–Crippen LogP) is 4.65. The fourth-order valence-electron chi connectivity index (χ4n) is 5.25. The number of hydrogen-bond acceptors (Lipinski definition) is 4. The van der Waals surface area contributed by atoms with Crippen LogP contribution in [0.1, 0.15) is 56.6 Å². The Kier molecular flexibility index (Phi) is 7.73. The summed E-state index contributed by atoms with van der Waals surface area (Å²) < 4.78 is 5.65. The Labute approximate surface area is 206 Å². The molecule has 0 aromatic heterocycles. The van der Waals surface area contributed by atoms with Gasteiger partial charge in [0.05, 0.1) is 0 Å². The van der Waals surface area contributed by atoms with Gasteiger partial charge in [-0.2, -0.15) is 0 Å². The number of rotatable bonds is 8. The Morgan fingerprint density at radius 2 is 1.57 bits per heavy atom. The second-order valence-corrected chi connectivity index (χ2v) is 9.89. The number of hydrogen-bond donors (Lipinski definition) is 2. The van der Waals surface area contributed by atoms with Gasteiger partial charge in [0.2, 0.25) is 5.91 Å². The van der Waals surface area contributed by atoms with Crippen LogP contribution in [-0.2, 0) is 14.3 Å². The van der Waals surface area contributed by atoms with E-state index in [0.717, 1.165) is 24.0 Å². The highest BCUT2D eigenvalue weighted by atomic mass is 16.5. The van der Waals surface area contributed by atoms with Gasteiger partial charge in [0.15, 0.2) is 0 Å². The summed E-state index contributed by atoms with van der Waals surface area (Å²) in [5, 5.41) is 11.7. The van der Waals surface area contributed by atoms with Crippen molar-refractivity contribution in [2.75, 3.05) is 19.7 Å². The van der Waals surface area contributed by atoms with Crippen molar-refractivity contribution in [2.24, 2.45) is 11.8 Å². The topological polar surface area (TPSA) is 95.9 Å². The van der Waals surface area contributed by atoms with Gasteiger partial charge in [-0.15, -0.1) is 0 Å². The number of carbonyl (C=O) groups is 3. The summed E-state index contributed by atoms with van der Waals surface area (Å²) in [6.45, 7) is 5.18. The standard InChI is InChI=1S/C28H34N2O5/c1-18(2)26(27(33)30-15-13-19(14-16-30)11-12-25(31)32)29-28(34)35-17-24-22-9-5-3-7-20(22)21-8-4-6-10-23(21)24/h3-10,18-19,24,26H,11-17H2,1-2H3,(H,29,34)(H,31,32). The Bertz CT molecular complexity index is 1030. The van der Waals surface area contributed by atoms with Crippen LogP contribution in [0, 0.1) is 11.8 Å². The lowest BCUT2D eigenvalue weighted by atomic mass is 9.91. The van der Waals surface area contributed by atoms with Crippen LogP contribution in [-0.4, -0.2) is 53.7 Å². The summed E-state index contributed by atoms with van der Waals surface area (Å²) in [5.41, 5.74) is 4.62. The molecule has 1 atom stereocenters. The lowest BCUT2D eigenvalue weighted by Crippen LogP contribution is -2.53. The third kappa shape index (κ3) is 5.66. The molecule has 1 unspecified atom stereocenters. The van der Waals surface area contributed by atoms with Gasteiger partial charge >= 0.3 is 12.1 Å². The average molecular weight is 479 g/mol. The largest absolute Gasteiger partial charge is 0.481 e. The molecule has 186 valence electrons. The molecule has 1 aliphatic carbocycles. The number of carboxylic acids is 1. The van der Waals surface area contributed by atoms with Crippen molar-refractivity contribution in [3.05, 3.63) is 59.7 Å². The summed E-state index contributed by atoms with van der Waals surface area (Å²) >= 11 is 0. The first kappa shape index (κ1) is 24.8. The number of amides is 2. The molecular formula is C28H34N2O5. The van der Waals surface area contributed by atoms with E-state index in [1.54, 1.807) is 4.90 Å². The second kappa shape index (κ2) is 10.9. The van der Waals surface area contributed by atoms with Gasteiger partial charge in [-0.25, -0.2) is 4.79 Å². The van der Waals surface area contributed by atoms with E-state index in [0.29, 0.717) is 25.4 Å². The summed E-state index contributed by atoms with van der Waals surface area (Å²) in [4.78, 5) is 38.6. The van der Waals surface area contributed by atoms with Crippen molar-refractivity contribution in [1.82, 2.24) is 10.2 Å². The lowest BCUT2D eigenvalue weighted by Gasteiger charge is -2.35. The van der Waals surface area contributed by atoms with Crippen LogP contribution in [0.5, 0.6) is 0 Å². The predicted molar refractivity (Wildman–Crippen MR) is 133 cm³/mol. The van der Waals surface area contributed by atoms with Crippen LogP contribution in [0.25, 0.3) is 11.1 Å². The molecule has 0 radical (unpaired) electrons. The first-order valence-corrected chi connectivity index (χ1v) is 12.5. The van der Waals surface area contributed by atoms with Crippen molar-refractivity contribution in [2.45, 2.75) is 51.5 Å². The number of nitrogens with one attached hydrogen (secondary N) is 1. The quantitative estimate of drug-likeness (QED) is 0.576. The summed E-state index contributed by atoms with van der Waals surface area (Å²) in [6, 6.07) is 15.7. The number of carbonyl (C=O) groups excluding carboxylic acids is 2. The van der Waals surface area contributed by atoms with E-state index in [4.69, 9.17) is 9.84 Å². The molecular weight excluding hydrogens is 444 g/mol. The third-order valence-electron chi connectivity index (χ3n) is 7.24. The lowest BCUT2D eigenvalue weighted by molar-refractivity contribution is -0.138. The fraction of sp³-hybridized carbons (Fsp3) is 0.464. The molecule has 2 N–H and O–H groups in total. The number of fused-ring (bicyclic) bond motifs is 3. The SMILES string of the molecule is CC(C)C(NC(=O)OCC1c2ccccc2-c2ccccc21)C(=O)N1CCC(CCC(=O)O)CC1. The van der Waals surface area contributed by atoms with Gasteiger partial charge in [0.1, 0.15) is 12.6 Å². The van der Waals surface area contributed by atoms with E-state index in [1.165, 1.54) is 11.1 Å². The summed E-state index contributed by atoms with van der Waals surface area (Å²) in [7, 11) is 0. The minimum Gasteiger partial charge on any atom is -0.481 e. The number of benzene rings is 2. The second-order valence-electron chi connectivity index (χ2n) is 9.89. The maximum atomic E-state index is 13.2. The molecule has 0 bridgehead atoms. The van der Waals surface area contributed by atoms with Gasteiger partial charge in [-0.05, 0) is 53.4 Å². The number of nitrogens with zero attached hydrogens (tertiary/aromatic N) is 1. The summed E-state index contributed by atoms with van der Waals surface area (Å²) in [5.74, 6) is -0.692. The highest BCUT2D eigenvalue weighted by Gasteiger charge is 2.33. The highest BCUT2D eigenvalue weighted by molar-refractivity contribution is 5.86. The smallest absolute Gasteiger partial charge is 0.407 e. The van der Waals surface area contributed by atoms with E-state index in [-0.39, 0.29) is 30.8 Å². The molecule has 4 rings (SSSR count). The Morgan fingerprint density at radius 1 is 1.00 bits per heavy atom. The molecule has 7 heteroatoms. The molecule has 1 fully saturated rings. The average Bonchev–Trinajstić information content (AvgIpc) is 3.18. The number of piperidine rings is 1. The molecule has 2 aromatic carbocycles. The Balaban J connectivity index is 1.34. The van der Waals surface area contributed by atoms with Crippen molar-refractivity contribution >= 4 is 18.0 Å². The Morgan fingerprint density at radius 3 is 2.11 bits per heavy atom. The van der Waals surface area contributed by atoms with E-state index < -0.39 is 18.1 Å². The number of carboxylic acid groups (broad SMARTS) is 1. The third-order valence-corrected chi connectivity index (χ3v) is 7.24. The fourth-order valence-corrected chi connectivity index (χ4v) is 5.25. The zero-order valence-corrected chi connectivity index (χ0v) is 20.4. The first-order valence-electron chi connectivity index (χ1n) is 12.5. The monoisotopic (exact) mass is 478 g/mol. The van der Waals surface area contributed by atoms with Crippen molar-refractivity contribution in [3.63, 3.8) is 0 Å². The minimum absolute atomic E-state index is 0.0359. The van der Waals surface area contributed by atoms with Gasteiger partial charge in [0.25, 0.3) is 0 Å². The van der Waals surface area contributed by atoms with Crippen molar-refractivity contribution < 1.29 is 24.2 Å². The molecule has 7 nitrogen and oxygen atoms in total. The van der Waals surface area contributed by atoms with E-state index in [2.05, 4.69) is 29.6 Å². The molecule has 35 heavy (non-hydrogen) atoms. The zero-order chi connectivity index (χ0) is 24.9. The first-order chi connectivity index (χ1) is 16.8. The van der Waals surface area contributed by atoms with E-state index in [1.807, 2.05) is 38.1 Å². The zero-order valence-electron chi connectivity index (χ0n) is 20.4. The van der Waals surface area contributed by atoms with Crippen molar-refractivity contribution in [3.8, 4) is 11.1 Å². The van der Waals surface area contributed by atoms with E-state index in [9.17, 15) is 14.4 Å². The van der Waals surface area contributed by atoms with Gasteiger partial charge < -0.3 is 20.1 Å². The molecule has 0 saturated carbocycles. The normalized spacial score (nSPS) is 16.5. The molecule has 2 aliphatic rings. The molecule has 1 saturated heterocycles. The van der Waals surface area contributed by atoms with E-state index >= 15 is 0 Å².